The molecule has 2 fully saturated rings. The summed E-state index contributed by atoms with van der Waals surface area (Å²) in [5.74, 6) is 2.37. The van der Waals surface area contributed by atoms with E-state index < -0.39 is 13.7 Å². The van der Waals surface area contributed by atoms with Crippen LogP contribution in [-0.4, -0.2) is 108 Å². The number of hydrogen-bond acceptors (Lipinski definition) is 11. The van der Waals surface area contributed by atoms with Crippen molar-refractivity contribution < 1.29 is 19.0 Å². The van der Waals surface area contributed by atoms with Crippen LogP contribution in [0.1, 0.15) is 20.8 Å². The van der Waals surface area contributed by atoms with Crippen LogP contribution in [0.2, 0.25) is 25.7 Å². The van der Waals surface area contributed by atoms with Crippen LogP contribution in [-0.2, 0) is 20.9 Å². The number of nitrogens with zero attached hydrogens (tertiary/aromatic N) is 8. The van der Waals surface area contributed by atoms with Gasteiger partial charge in [-0.15, -0.1) is 0 Å². The molecule has 1 N–H and O–H groups in total. The van der Waals surface area contributed by atoms with Crippen LogP contribution >= 0.6 is 0 Å². The number of benzene rings is 1. The number of amides is 1. The van der Waals surface area contributed by atoms with E-state index in [0.29, 0.717) is 52.1 Å². The number of imidazole rings is 1. The normalized spacial score (nSPS) is 15.9. The monoisotopic (exact) mass is 687 g/mol. The smallest absolute Gasteiger partial charge is 0.410 e. The average Bonchev–Trinajstić information content (AvgIpc) is 3.45. The molecule has 13 nitrogen and oxygen atoms in total. The van der Waals surface area contributed by atoms with Crippen LogP contribution in [0.3, 0.4) is 0 Å². The number of rotatable bonds is 10. The fourth-order valence-corrected chi connectivity index (χ4v) is 6.52. The Bertz CT molecular complexity index is 1700. The number of piperazine rings is 1. The molecule has 1 aromatic carbocycles. The Balaban J connectivity index is 1.14. The minimum Gasteiger partial charge on any atom is -0.444 e. The van der Waals surface area contributed by atoms with E-state index in [9.17, 15) is 4.79 Å². The van der Waals surface area contributed by atoms with Gasteiger partial charge < -0.3 is 34.2 Å². The topological polar surface area (TPSA) is 123 Å². The van der Waals surface area contributed by atoms with Gasteiger partial charge in [-0.1, -0.05) is 19.6 Å². The third-order valence-corrected chi connectivity index (χ3v) is 10.2. The first-order chi connectivity index (χ1) is 23.4. The fourth-order valence-electron chi connectivity index (χ4n) is 5.76. The quantitative estimate of drug-likeness (QED) is 0.160. The first kappa shape index (κ1) is 34.6. The van der Waals surface area contributed by atoms with Gasteiger partial charge in [0.15, 0.2) is 5.82 Å². The third-order valence-electron chi connectivity index (χ3n) is 8.46. The molecule has 0 atom stereocenters. The molecule has 2 aliphatic rings. The molecule has 3 aromatic heterocycles. The highest BCUT2D eigenvalue weighted by Crippen LogP contribution is 2.31. The standard InChI is InChI=1S/C35H49N9O4Si/c1-35(2,3)48-34(45)43-15-13-42(14-16-43)33-37-23-28(24-38-33)39-27-9-7-26(8-10-27)31-40-30-29(44(31)25-47-21-22-49(4,5)6)11-12-36-32(30)41-17-19-46-20-18-41/h7-12,23-24,39H,13-22,25H2,1-6H3. The SMILES string of the molecule is CC(C)(C)OC(=O)N1CCN(c2ncc(Nc3ccc(-c4nc5c(N6CCOCC6)nccc5n4COCC[Si](C)(C)C)cc3)cn2)CC1. The van der Waals surface area contributed by atoms with Crippen LogP contribution in [0.15, 0.2) is 48.9 Å². The van der Waals surface area contributed by atoms with Crippen molar-refractivity contribution in [3.63, 3.8) is 0 Å². The molecule has 0 spiro atoms. The first-order valence-electron chi connectivity index (χ1n) is 17.1. The van der Waals surface area contributed by atoms with Gasteiger partial charge in [0.05, 0.1) is 36.8 Å². The maximum atomic E-state index is 12.4. The van der Waals surface area contributed by atoms with E-state index in [1.165, 1.54) is 0 Å². The van der Waals surface area contributed by atoms with Gasteiger partial charge >= 0.3 is 6.09 Å². The Morgan fingerprint density at radius 2 is 1.59 bits per heavy atom. The van der Waals surface area contributed by atoms with E-state index in [0.717, 1.165) is 65.4 Å². The molecule has 1 amide bonds. The van der Waals surface area contributed by atoms with E-state index in [4.69, 9.17) is 24.2 Å². The molecular formula is C35H49N9O4Si. The highest BCUT2D eigenvalue weighted by molar-refractivity contribution is 6.76. The molecule has 49 heavy (non-hydrogen) atoms. The van der Waals surface area contributed by atoms with E-state index in [2.05, 4.69) is 61.4 Å². The number of carbonyl (C=O) groups is 1. The summed E-state index contributed by atoms with van der Waals surface area (Å²) in [5.41, 5.74) is 4.05. The summed E-state index contributed by atoms with van der Waals surface area (Å²) in [7, 11) is -1.22. The molecule has 0 bridgehead atoms. The Labute approximate surface area is 289 Å². The lowest BCUT2D eigenvalue weighted by molar-refractivity contribution is 0.0240. The highest BCUT2D eigenvalue weighted by atomic mass is 28.3. The van der Waals surface area contributed by atoms with Crippen molar-refractivity contribution in [1.29, 1.82) is 0 Å². The minimum atomic E-state index is -1.22. The van der Waals surface area contributed by atoms with Crippen molar-refractivity contribution in [2.75, 3.05) is 74.2 Å². The van der Waals surface area contributed by atoms with E-state index in [1.54, 1.807) is 17.3 Å². The zero-order chi connectivity index (χ0) is 34.6. The molecule has 0 unspecified atom stereocenters. The largest absolute Gasteiger partial charge is 0.444 e. The predicted octanol–water partition coefficient (Wildman–Crippen LogP) is 5.84. The van der Waals surface area contributed by atoms with Crippen LogP contribution in [0.5, 0.6) is 0 Å². The number of morpholine rings is 1. The molecular weight excluding hydrogens is 639 g/mol. The van der Waals surface area contributed by atoms with Crippen LogP contribution in [0, 0.1) is 0 Å². The highest BCUT2D eigenvalue weighted by Gasteiger charge is 2.27. The van der Waals surface area contributed by atoms with Gasteiger partial charge in [0.1, 0.15) is 23.7 Å². The van der Waals surface area contributed by atoms with E-state index >= 15 is 0 Å². The number of anilines is 4. The summed E-state index contributed by atoms with van der Waals surface area (Å²) in [4.78, 5) is 37.6. The Morgan fingerprint density at radius 1 is 0.898 bits per heavy atom. The molecule has 0 saturated carbocycles. The molecule has 2 saturated heterocycles. The summed E-state index contributed by atoms with van der Waals surface area (Å²) in [6.45, 7) is 19.2. The van der Waals surface area contributed by atoms with E-state index in [-0.39, 0.29) is 6.09 Å². The summed E-state index contributed by atoms with van der Waals surface area (Å²) in [6, 6.07) is 11.3. The van der Waals surface area contributed by atoms with Gasteiger partial charge in [0, 0.05) is 71.4 Å². The Morgan fingerprint density at radius 3 is 2.24 bits per heavy atom. The maximum absolute atomic E-state index is 12.4. The number of hydrogen-bond donors (Lipinski definition) is 1. The molecule has 5 heterocycles. The number of ether oxygens (including phenoxy) is 3. The van der Waals surface area contributed by atoms with Crippen LogP contribution < -0.4 is 15.1 Å². The Kier molecular flexibility index (Phi) is 10.4. The number of nitrogens with one attached hydrogen (secondary N) is 1. The van der Waals surface area contributed by atoms with Gasteiger partial charge in [-0.2, -0.15) is 0 Å². The van der Waals surface area contributed by atoms with Crippen molar-refractivity contribution in [1.82, 2.24) is 29.4 Å². The summed E-state index contributed by atoms with van der Waals surface area (Å²) >= 11 is 0. The lowest BCUT2D eigenvalue weighted by Crippen LogP contribution is -2.50. The molecule has 2 aliphatic heterocycles. The lowest BCUT2D eigenvalue weighted by atomic mass is 10.2. The molecule has 6 rings (SSSR count). The molecule has 4 aromatic rings. The van der Waals surface area contributed by atoms with Gasteiger partial charge in [0.25, 0.3) is 0 Å². The fraction of sp³-hybridized carbons (Fsp3) is 0.514. The van der Waals surface area contributed by atoms with Crippen molar-refractivity contribution in [3.05, 3.63) is 48.9 Å². The van der Waals surface area contributed by atoms with Crippen molar-refractivity contribution in [2.45, 2.75) is 58.8 Å². The van der Waals surface area contributed by atoms with Gasteiger partial charge in [-0.3, -0.25) is 4.57 Å². The number of carbonyl (C=O) groups excluding carboxylic acids is 1. The van der Waals surface area contributed by atoms with Gasteiger partial charge in [-0.05, 0) is 57.1 Å². The minimum absolute atomic E-state index is 0.281. The summed E-state index contributed by atoms with van der Waals surface area (Å²) < 4.78 is 19.5. The van der Waals surface area contributed by atoms with Gasteiger partial charge in [0.2, 0.25) is 5.95 Å². The second kappa shape index (κ2) is 14.7. The number of pyridine rings is 1. The third kappa shape index (κ3) is 8.85. The summed E-state index contributed by atoms with van der Waals surface area (Å²) in [6.07, 6.45) is 5.15. The second-order valence-electron chi connectivity index (χ2n) is 14.7. The summed E-state index contributed by atoms with van der Waals surface area (Å²) in [5, 5.41) is 3.42. The van der Waals surface area contributed by atoms with Crippen LogP contribution in [0.25, 0.3) is 22.4 Å². The molecule has 262 valence electrons. The van der Waals surface area contributed by atoms with Crippen molar-refractivity contribution >= 4 is 48.3 Å². The van der Waals surface area contributed by atoms with Gasteiger partial charge in [-0.25, -0.2) is 24.7 Å². The average molecular weight is 688 g/mol. The number of aromatic nitrogens is 5. The predicted molar refractivity (Wildman–Crippen MR) is 195 cm³/mol. The van der Waals surface area contributed by atoms with Crippen molar-refractivity contribution in [3.8, 4) is 11.4 Å². The zero-order valence-electron chi connectivity index (χ0n) is 29.6. The van der Waals surface area contributed by atoms with Crippen molar-refractivity contribution in [2.24, 2.45) is 0 Å². The molecule has 14 heteroatoms. The molecule has 0 aliphatic carbocycles. The second-order valence-corrected chi connectivity index (χ2v) is 20.4. The maximum Gasteiger partial charge on any atom is 0.410 e. The van der Waals surface area contributed by atoms with Crippen LogP contribution in [0.4, 0.5) is 27.9 Å². The lowest BCUT2D eigenvalue weighted by Gasteiger charge is -2.35. The number of fused-ring (bicyclic) bond motifs is 1. The zero-order valence-corrected chi connectivity index (χ0v) is 30.6. The van der Waals surface area contributed by atoms with E-state index in [1.807, 2.05) is 45.2 Å². The first-order valence-corrected chi connectivity index (χ1v) is 20.8. The Hall–Kier alpha value is -4.27. The molecule has 0 radical (unpaired) electrons.